The van der Waals surface area contributed by atoms with Crippen molar-refractivity contribution >= 4 is 5.97 Å². The Kier molecular flexibility index (Phi) is 5.07. The average molecular weight is 183 g/mol. The van der Waals surface area contributed by atoms with Crippen molar-refractivity contribution in [1.82, 2.24) is 0 Å². The molecule has 1 atom stereocenters. The van der Waals surface area contributed by atoms with E-state index in [1.807, 2.05) is 6.92 Å². The quantitative estimate of drug-likeness (QED) is 0.616. The third kappa shape index (κ3) is 7.28. The molecule has 0 saturated heterocycles. The molecule has 0 aromatic carbocycles. The first-order valence-electron chi connectivity index (χ1n) is 4.24. The van der Waals surface area contributed by atoms with Crippen LogP contribution in [0.25, 0.3) is 0 Å². The Bertz CT molecular complexity index is 207. The fraction of sp³-hybridized carbons (Fsp3) is 0.500. The lowest BCUT2D eigenvalue weighted by atomic mass is 9.95. The first-order valence-corrected chi connectivity index (χ1v) is 4.24. The van der Waals surface area contributed by atoms with Gasteiger partial charge in [0, 0.05) is 5.54 Å². The molecule has 0 amide bonds. The van der Waals surface area contributed by atoms with E-state index in [4.69, 9.17) is 10.8 Å². The van der Waals surface area contributed by atoms with E-state index >= 15 is 0 Å². The highest BCUT2D eigenvalue weighted by Crippen LogP contribution is 2.11. The van der Waals surface area contributed by atoms with Crippen molar-refractivity contribution in [3.8, 4) is 0 Å². The smallest absolute Gasteiger partial charge is 0.307 e. The number of hydrogen-bond donors (Lipinski definition) is 2. The van der Waals surface area contributed by atoms with E-state index in [-0.39, 0.29) is 12.0 Å². The average Bonchev–Trinajstić information content (AvgIpc) is 1.98. The Hall–Kier alpha value is -1.09. The fourth-order valence-electron chi connectivity index (χ4n) is 0.950. The molecular formula is C10H17NO2. The van der Waals surface area contributed by atoms with Crippen LogP contribution in [-0.4, -0.2) is 16.6 Å². The third-order valence-corrected chi connectivity index (χ3v) is 1.65. The third-order valence-electron chi connectivity index (χ3n) is 1.65. The fourth-order valence-corrected chi connectivity index (χ4v) is 0.950. The van der Waals surface area contributed by atoms with Crippen LogP contribution in [-0.2, 0) is 4.79 Å². The number of aliphatic carboxylic acids is 1. The van der Waals surface area contributed by atoms with Crippen molar-refractivity contribution in [3.63, 3.8) is 0 Å². The molecule has 3 nitrogen and oxygen atoms in total. The van der Waals surface area contributed by atoms with E-state index in [2.05, 4.69) is 6.58 Å². The molecule has 0 aliphatic heterocycles. The second-order valence-electron chi connectivity index (χ2n) is 3.42. The topological polar surface area (TPSA) is 63.3 Å². The van der Waals surface area contributed by atoms with Crippen LogP contribution >= 0.6 is 0 Å². The summed E-state index contributed by atoms with van der Waals surface area (Å²) < 4.78 is 0. The molecule has 0 heterocycles. The van der Waals surface area contributed by atoms with Crippen molar-refractivity contribution in [1.29, 1.82) is 0 Å². The minimum Gasteiger partial charge on any atom is -0.481 e. The summed E-state index contributed by atoms with van der Waals surface area (Å²) in [6, 6.07) is 0. The first-order chi connectivity index (χ1) is 5.98. The van der Waals surface area contributed by atoms with Crippen LogP contribution in [0.2, 0.25) is 0 Å². The number of carbonyl (C=O) groups is 1. The summed E-state index contributed by atoms with van der Waals surface area (Å²) in [7, 11) is 0. The highest BCUT2D eigenvalue weighted by atomic mass is 16.4. The largest absolute Gasteiger partial charge is 0.481 e. The Balaban J connectivity index is 3.79. The molecule has 0 saturated carbocycles. The number of hydrogen-bond acceptors (Lipinski definition) is 2. The predicted molar refractivity (Wildman–Crippen MR) is 53.4 cm³/mol. The van der Waals surface area contributed by atoms with E-state index in [0.717, 1.165) is 6.42 Å². The van der Waals surface area contributed by atoms with E-state index < -0.39 is 5.97 Å². The van der Waals surface area contributed by atoms with Gasteiger partial charge in [-0.05, 0) is 19.8 Å². The predicted octanol–water partition coefficient (Wildman–Crippen LogP) is 1.70. The van der Waals surface area contributed by atoms with E-state index in [9.17, 15) is 4.79 Å². The van der Waals surface area contributed by atoms with Gasteiger partial charge < -0.3 is 10.8 Å². The van der Waals surface area contributed by atoms with Gasteiger partial charge in [0.2, 0.25) is 0 Å². The van der Waals surface area contributed by atoms with Crippen molar-refractivity contribution in [2.75, 3.05) is 0 Å². The molecule has 0 fully saturated rings. The molecule has 0 spiro atoms. The maximum absolute atomic E-state index is 10.2. The molecule has 0 aromatic rings. The molecule has 0 aromatic heterocycles. The summed E-state index contributed by atoms with van der Waals surface area (Å²) in [5.74, 6) is -0.821. The molecule has 74 valence electrons. The summed E-state index contributed by atoms with van der Waals surface area (Å²) in [5, 5.41) is 8.35. The van der Waals surface area contributed by atoms with Gasteiger partial charge in [-0.25, -0.2) is 0 Å². The minimum absolute atomic E-state index is 0.0597. The molecule has 0 radical (unpaired) electrons. The molecule has 3 heteroatoms. The molecule has 0 aliphatic carbocycles. The van der Waals surface area contributed by atoms with Crippen molar-refractivity contribution in [2.45, 2.75) is 31.7 Å². The summed E-state index contributed by atoms with van der Waals surface area (Å²) in [6.07, 6.45) is 6.65. The molecular weight excluding hydrogens is 166 g/mol. The van der Waals surface area contributed by atoms with Gasteiger partial charge in [0.25, 0.3) is 0 Å². The maximum atomic E-state index is 10.2. The van der Waals surface area contributed by atoms with Gasteiger partial charge in [-0.2, -0.15) is 0 Å². The van der Waals surface area contributed by atoms with Crippen LogP contribution in [0.15, 0.2) is 24.8 Å². The lowest BCUT2D eigenvalue weighted by Gasteiger charge is -2.20. The van der Waals surface area contributed by atoms with Crippen molar-refractivity contribution in [3.05, 3.63) is 24.8 Å². The van der Waals surface area contributed by atoms with Gasteiger partial charge >= 0.3 is 5.97 Å². The van der Waals surface area contributed by atoms with Gasteiger partial charge in [0.05, 0.1) is 6.42 Å². The maximum Gasteiger partial charge on any atom is 0.307 e. The van der Waals surface area contributed by atoms with E-state index in [0.29, 0.717) is 6.42 Å². The van der Waals surface area contributed by atoms with Crippen LogP contribution in [0.4, 0.5) is 0 Å². The highest BCUT2D eigenvalue weighted by molar-refractivity contribution is 5.68. The zero-order valence-corrected chi connectivity index (χ0v) is 7.99. The SMILES string of the molecule is C=CCC(C)(N)C/C=C/CC(=O)O. The minimum atomic E-state index is -0.821. The number of rotatable bonds is 6. The Labute approximate surface area is 78.9 Å². The zero-order chi connectivity index (χ0) is 10.3. The van der Waals surface area contributed by atoms with Gasteiger partial charge in [-0.3, -0.25) is 4.79 Å². The normalized spacial score (nSPS) is 15.5. The Morgan fingerprint density at radius 1 is 1.54 bits per heavy atom. The second kappa shape index (κ2) is 5.54. The van der Waals surface area contributed by atoms with Crippen molar-refractivity contribution < 1.29 is 9.90 Å². The monoisotopic (exact) mass is 183 g/mol. The van der Waals surface area contributed by atoms with Crippen LogP contribution in [0, 0.1) is 0 Å². The Morgan fingerprint density at radius 2 is 2.15 bits per heavy atom. The lowest BCUT2D eigenvalue weighted by molar-refractivity contribution is -0.136. The summed E-state index contributed by atoms with van der Waals surface area (Å²) in [5.41, 5.74) is 5.57. The van der Waals surface area contributed by atoms with E-state index in [1.54, 1.807) is 18.2 Å². The number of nitrogens with two attached hydrogens (primary N) is 1. The summed E-state index contributed by atoms with van der Waals surface area (Å²) in [6.45, 7) is 5.52. The van der Waals surface area contributed by atoms with Crippen LogP contribution in [0.3, 0.4) is 0 Å². The van der Waals surface area contributed by atoms with E-state index in [1.165, 1.54) is 0 Å². The standard InChI is InChI=1S/C10H17NO2/c1-3-7-10(2,11)8-5-4-6-9(12)13/h3-5H,1,6-8,11H2,2H3,(H,12,13)/b5-4+. The molecule has 0 bridgehead atoms. The first kappa shape index (κ1) is 11.9. The molecule has 13 heavy (non-hydrogen) atoms. The second-order valence-corrected chi connectivity index (χ2v) is 3.42. The van der Waals surface area contributed by atoms with Crippen LogP contribution in [0.5, 0.6) is 0 Å². The Morgan fingerprint density at radius 3 is 2.62 bits per heavy atom. The van der Waals surface area contributed by atoms with Crippen LogP contribution < -0.4 is 5.73 Å². The molecule has 0 aliphatic rings. The number of carboxylic acids is 1. The number of carboxylic acid groups (broad SMARTS) is 1. The molecule has 0 rings (SSSR count). The lowest BCUT2D eigenvalue weighted by Crippen LogP contribution is -2.34. The van der Waals surface area contributed by atoms with Gasteiger partial charge in [-0.1, -0.05) is 18.2 Å². The highest BCUT2D eigenvalue weighted by Gasteiger charge is 2.13. The van der Waals surface area contributed by atoms with Crippen molar-refractivity contribution in [2.24, 2.45) is 5.73 Å². The van der Waals surface area contributed by atoms with Gasteiger partial charge in [0.15, 0.2) is 0 Å². The summed E-state index contributed by atoms with van der Waals surface area (Å²) >= 11 is 0. The molecule has 1 unspecified atom stereocenters. The zero-order valence-electron chi connectivity index (χ0n) is 7.99. The summed E-state index contributed by atoms with van der Waals surface area (Å²) in [4.78, 5) is 10.2. The van der Waals surface area contributed by atoms with Gasteiger partial charge in [-0.15, -0.1) is 6.58 Å². The molecule has 3 N–H and O–H groups in total. The van der Waals surface area contributed by atoms with Crippen LogP contribution in [0.1, 0.15) is 26.2 Å². The van der Waals surface area contributed by atoms with Gasteiger partial charge in [0.1, 0.15) is 0 Å².